The summed E-state index contributed by atoms with van der Waals surface area (Å²) >= 11 is 23.7. The van der Waals surface area contributed by atoms with Crippen molar-refractivity contribution in [2.24, 2.45) is 0 Å². The van der Waals surface area contributed by atoms with Crippen LogP contribution in [0.15, 0.2) is 42.6 Å². The van der Waals surface area contributed by atoms with E-state index in [4.69, 9.17) is 47.0 Å². The van der Waals surface area contributed by atoms with Crippen molar-refractivity contribution in [2.45, 2.75) is 20.4 Å². The highest BCUT2D eigenvalue weighted by molar-refractivity contribution is 7.80. The maximum Gasteiger partial charge on any atom is 0.176 e. The Hall–Kier alpha value is -1.79. The fourth-order valence-electron chi connectivity index (χ4n) is 2.70. The molecule has 3 aromatic rings. The highest BCUT2D eigenvalue weighted by atomic mass is 35.5. The summed E-state index contributed by atoms with van der Waals surface area (Å²) in [5, 5.41) is 12.5. The minimum absolute atomic E-state index is 0.418. The second-order valence-electron chi connectivity index (χ2n) is 6.23. The molecule has 8 heteroatoms. The Bertz CT molecular complexity index is 980. The molecule has 0 aliphatic carbocycles. The normalized spacial score (nSPS) is 10.7. The second-order valence-corrected chi connectivity index (χ2v) is 7.86. The van der Waals surface area contributed by atoms with Gasteiger partial charge in [-0.15, -0.1) is 0 Å². The van der Waals surface area contributed by atoms with Gasteiger partial charge in [-0.2, -0.15) is 5.10 Å². The van der Waals surface area contributed by atoms with Gasteiger partial charge in [0.15, 0.2) is 10.9 Å². The van der Waals surface area contributed by atoms with Crippen molar-refractivity contribution in [2.75, 3.05) is 10.6 Å². The Labute approximate surface area is 178 Å². The third-order valence-electron chi connectivity index (χ3n) is 3.76. The van der Waals surface area contributed by atoms with Crippen LogP contribution in [0.4, 0.5) is 11.5 Å². The molecule has 4 nitrogen and oxygen atoms in total. The lowest BCUT2D eigenvalue weighted by molar-refractivity contribution is 0.690. The summed E-state index contributed by atoms with van der Waals surface area (Å²) < 4.78 is 1.71. The van der Waals surface area contributed by atoms with Crippen LogP contribution < -0.4 is 10.6 Å². The van der Waals surface area contributed by atoms with Crippen LogP contribution >= 0.6 is 47.0 Å². The van der Waals surface area contributed by atoms with E-state index in [1.54, 1.807) is 23.0 Å². The van der Waals surface area contributed by atoms with Gasteiger partial charge in [0.05, 0.1) is 16.6 Å². The highest BCUT2D eigenvalue weighted by Gasteiger charge is 2.10. The quantitative estimate of drug-likeness (QED) is 0.467. The summed E-state index contributed by atoms with van der Waals surface area (Å²) in [4.78, 5) is 0. The first-order chi connectivity index (χ1) is 12.8. The monoisotopic (exact) mass is 438 g/mol. The van der Waals surface area contributed by atoms with Crippen LogP contribution in [0, 0.1) is 13.8 Å². The van der Waals surface area contributed by atoms with Crippen LogP contribution in [-0.2, 0) is 6.54 Å². The van der Waals surface area contributed by atoms with Crippen molar-refractivity contribution < 1.29 is 0 Å². The van der Waals surface area contributed by atoms with Crippen molar-refractivity contribution in [3.63, 3.8) is 0 Å². The number of aromatic nitrogens is 2. The Morgan fingerprint density at radius 3 is 2.33 bits per heavy atom. The molecule has 27 heavy (non-hydrogen) atoms. The lowest BCUT2D eigenvalue weighted by Gasteiger charge is -2.10. The fraction of sp³-hybridized carbons (Fsp3) is 0.158. The predicted octanol–water partition coefficient (Wildman–Crippen LogP) is 6.32. The van der Waals surface area contributed by atoms with Gasteiger partial charge < -0.3 is 10.6 Å². The van der Waals surface area contributed by atoms with Gasteiger partial charge in [0, 0.05) is 11.9 Å². The number of benzene rings is 2. The van der Waals surface area contributed by atoms with E-state index in [1.807, 2.05) is 32.0 Å². The first-order valence-corrected chi connectivity index (χ1v) is 9.67. The molecular formula is C19H17Cl3N4S. The number of halogens is 3. The number of aryl methyl sites for hydroxylation is 2. The third kappa shape index (κ3) is 5.36. The van der Waals surface area contributed by atoms with Crippen molar-refractivity contribution >= 4 is 63.6 Å². The van der Waals surface area contributed by atoms with Crippen molar-refractivity contribution in [3.05, 3.63) is 74.4 Å². The number of nitrogens with zero attached hydrogens (tertiary/aromatic N) is 2. The molecule has 1 aromatic heterocycles. The van der Waals surface area contributed by atoms with Crippen LogP contribution in [0.1, 0.15) is 16.7 Å². The van der Waals surface area contributed by atoms with Crippen LogP contribution in [0.5, 0.6) is 0 Å². The van der Waals surface area contributed by atoms with E-state index >= 15 is 0 Å². The van der Waals surface area contributed by atoms with Crippen molar-refractivity contribution in [1.29, 1.82) is 0 Å². The topological polar surface area (TPSA) is 41.9 Å². The maximum absolute atomic E-state index is 6.28. The summed E-state index contributed by atoms with van der Waals surface area (Å²) in [6.07, 6.45) is 1.73. The second kappa shape index (κ2) is 8.48. The van der Waals surface area contributed by atoms with Gasteiger partial charge in [-0.3, -0.25) is 4.68 Å². The molecule has 0 unspecified atom stereocenters. The minimum atomic E-state index is 0.418. The number of rotatable bonds is 4. The lowest BCUT2D eigenvalue weighted by atomic mass is 10.1. The van der Waals surface area contributed by atoms with Gasteiger partial charge in [0.2, 0.25) is 0 Å². The van der Waals surface area contributed by atoms with E-state index < -0.39 is 0 Å². The molecule has 0 aliphatic rings. The van der Waals surface area contributed by atoms with E-state index in [1.165, 1.54) is 0 Å². The van der Waals surface area contributed by atoms with Gasteiger partial charge in [0.1, 0.15) is 5.02 Å². The van der Waals surface area contributed by atoms with Crippen molar-refractivity contribution in [3.8, 4) is 0 Å². The minimum Gasteiger partial charge on any atom is -0.332 e. The molecule has 0 saturated heterocycles. The lowest BCUT2D eigenvalue weighted by Crippen LogP contribution is -2.20. The van der Waals surface area contributed by atoms with Gasteiger partial charge in [-0.05, 0) is 67.0 Å². The molecule has 0 fully saturated rings. The van der Waals surface area contributed by atoms with Crippen LogP contribution in [-0.4, -0.2) is 14.9 Å². The molecule has 0 bridgehead atoms. The largest absolute Gasteiger partial charge is 0.332 e. The van der Waals surface area contributed by atoms with Gasteiger partial charge in [-0.1, -0.05) is 46.9 Å². The summed E-state index contributed by atoms with van der Waals surface area (Å²) in [6, 6.07) is 11.6. The Morgan fingerprint density at radius 2 is 1.67 bits per heavy atom. The van der Waals surface area contributed by atoms with E-state index in [0.29, 0.717) is 32.5 Å². The van der Waals surface area contributed by atoms with Crippen molar-refractivity contribution in [1.82, 2.24) is 9.78 Å². The number of thiocarbonyl (C=S) groups is 1. The number of hydrogen-bond donors (Lipinski definition) is 2. The molecule has 3 rings (SSSR count). The molecule has 2 aromatic carbocycles. The van der Waals surface area contributed by atoms with E-state index in [0.717, 1.165) is 22.4 Å². The molecule has 0 amide bonds. The first-order valence-electron chi connectivity index (χ1n) is 8.13. The zero-order valence-corrected chi connectivity index (χ0v) is 17.8. The zero-order valence-electron chi connectivity index (χ0n) is 14.7. The highest BCUT2D eigenvalue weighted by Crippen LogP contribution is 2.24. The van der Waals surface area contributed by atoms with Gasteiger partial charge in [-0.25, -0.2) is 0 Å². The van der Waals surface area contributed by atoms with E-state index in [2.05, 4.69) is 21.8 Å². The molecule has 0 saturated carbocycles. The number of nitrogens with one attached hydrogen (secondary N) is 2. The molecular weight excluding hydrogens is 423 g/mol. The Balaban J connectivity index is 1.68. The smallest absolute Gasteiger partial charge is 0.176 e. The third-order valence-corrected chi connectivity index (χ3v) is 4.98. The SMILES string of the molecule is Cc1cc(C)cc(NC(=S)Nc2nn(Cc3ccc(Cl)c(Cl)c3)cc2Cl)c1. The molecule has 0 atom stereocenters. The molecule has 0 radical (unpaired) electrons. The van der Waals surface area contributed by atoms with Gasteiger partial charge >= 0.3 is 0 Å². The summed E-state index contributed by atoms with van der Waals surface area (Å²) in [7, 11) is 0. The van der Waals surface area contributed by atoms with Crippen LogP contribution in [0.3, 0.4) is 0 Å². The summed E-state index contributed by atoms with van der Waals surface area (Å²) in [6.45, 7) is 4.59. The van der Waals surface area contributed by atoms with Crippen LogP contribution in [0.2, 0.25) is 15.1 Å². The Morgan fingerprint density at radius 1 is 0.963 bits per heavy atom. The number of hydrogen-bond acceptors (Lipinski definition) is 2. The maximum atomic E-state index is 6.28. The zero-order chi connectivity index (χ0) is 19.6. The standard InChI is InChI=1S/C19H17Cl3N4S/c1-11-5-12(2)7-14(6-11)23-19(27)24-18-17(22)10-26(25-18)9-13-3-4-15(20)16(21)8-13/h3-8,10H,9H2,1-2H3,(H2,23,24,25,27). The molecule has 0 spiro atoms. The summed E-state index contributed by atoms with van der Waals surface area (Å²) in [5.41, 5.74) is 4.19. The molecule has 2 N–H and O–H groups in total. The summed E-state index contributed by atoms with van der Waals surface area (Å²) in [5.74, 6) is 0.485. The molecule has 0 aliphatic heterocycles. The Kier molecular flexibility index (Phi) is 6.27. The van der Waals surface area contributed by atoms with E-state index in [9.17, 15) is 0 Å². The molecule has 140 valence electrons. The van der Waals surface area contributed by atoms with Gasteiger partial charge in [0.25, 0.3) is 0 Å². The van der Waals surface area contributed by atoms with E-state index in [-0.39, 0.29) is 0 Å². The average Bonchev–Trinajstić information content (AvgIpc) is 2.89. The number of anilines is 2. The average molecular weight is 440 g/mol. The molecule has 1 heterocycles. The first kappa shape index (κ1) is 20.0. The fourth-order valence-corrected chi connectivity index (χ4v) is 3.44. The van der Waals surface area contributed by atoms with Crippen LogP contribution in [0.25, 0.3) is 0 Å². The predicted molar refractivity (Wildman–Crippen MR) is 119 cm³/mol.